The molecule has 720 valence electrons. The van der Waals surface area contributed by atoms with Gasteiger partial charge in [0.25, 0.3) is 0 Å². The summed E-state index contributed by atoms with van der Waals surface area (Å²) in [5.41, 5.74) is 13.2. The summed E-state index contributed by atoms with van der Waals surface area (Å²) in [6.07, 6.45) is 17.6. The fourth-order valence-electron chi connectivity index (χ4n) is 15.2. The molecule has 43 heteroatoms. The van der Waals surface area contributed by atoms with E-state index in [1.54, 1.807) is 49.5 Å². The molecule has 2 saturated heterocycles. The molecule has 0 radical (unpaired) electrons. The standard InChI is InChI=1S/C88H134N24O19/c1-3-4-29-64(101-84(126)70(47-59-50-92-55-98-59)106-81(123)66(35-37-73(89)116)103-85(127)71(53-113)99-77(119)51-97-78(120)54-131-44-43-130-42-41-94-75(117)34-20-15-13-11-9-7-5-6-8-10-12-14-19-33-74-108-110-111-109-74)79(121)104-67-36-38-76(118)93-39-24-23-30-62(56(2)114)100-83(125)69(46-58-49-96-63-31-22-21-28-61(58)63)105-80(122)65(32-25-40-95-88(90)91)102-82(124)68(45-57-26-17-16-18-27-57)107-86(128)72-48-60(115)52-112(72)87(67)129/h16-18,21-22,26-28,31,49-50,55,60,62,64-72,96,113,115H,3-15,19-20,23-25,29-30,32-48,51-54H2,1-2H3,(H2,89,116)(H,92,98)(H,93,118)(H,94,117)(H,97,120)(H,99,119)(H,100,125)(H,101,126)(H,102,124)(H,103,127)(H,104,121)(H,105,122)(H,106,123)(H,107,128)(H4,90,91,95)(H,108,109,110,111)/t60-,62+,64+,65+,66+,67+,68-,69+,70+,71+,72+/m1/s1. The van der Waals surface area contributed by atoms with Crippen LogP contribution >= 0.6 is 0 Å². The van der Waals surface area contributed by atoms with Crippen LogP contribution < -0.4 is 80.6 Å². The number of unbranched alkanes of at least 4 members (excludes halogenated alkanes) is 13. The lowest BCUT2D eigenvalue weighted by Crippen LogP contribution is -2.61. The minimum atomic E-state index is -1.75. The van der Waals surface area contributed by atoms with Gasteiger partial charge in [-0.1, -0.05) is 139 Å². The molecule has 0 saturated carbocycles. The van der Waals surface area contributed by atoms with Crippen LogP contribution in [0.15, 0.2) is 73.3 Å². The van der Waals surface area contributed by atoms with Crippen LogP contribution in [0.2, 0.25) is 0 Å². The lowest BCUT2D eigenvalue weighted by molar-refractivity contribution is -0.143. The van der Waals surface area contributed by atoms with E-state index in [1.807, 2.05) is 18.2 Å². The zero-order chi connectivity index (χ0) is 94.7. The highest BCUT2D eigenvalue weighted by Crippen LogP contribution is 2.24. The predicted molar refractivity (Wildman–Crippen MR) is 479 cm³/mol. The number of carbonyl (C=O) groups is 15. The van der Waals surface area contributed by atoms with E-state index in [4.69, 9.17) is 26.4 Å². The molecule has 2 aromatic carbocycles. The summed E-state index contributed by atoms with van der Waals surface area (Å²) in [6.45, 7) is 1.06. The number of hydrogen-bond acceptors (Lipinski definition) is 24. The molecule has 43 nitrogen and oxygen atoms in total. The summed E-state index contributed by atoms with van der Waals surface area (Å²) < 4.78 is 10.9. The second-order valence-corrected chi connectivity index (χ2v) is 33.1. The number of nitrogens with zero attached hydrogens (tertiary/aromatic N) is 5. The number of hydrogen-bond donors (Lipinski definition) is 21. The van der Waals surface area contributed by atoms with Crippen molar-refractivity contribution in [2.24, 2.45) is 11.5 Å². The Hall–Kier alpha value is -12.4. The number of nitrogens with one attached hydrogen (secondary N) is 17. The van der Waals surface area contributed by atoms with Crippen molar-refractivity contribution in [3.05, 3.63) is 96.0 Å². The third-order valence-electron chi connectivity index (χ3n) is 22.5. The molecule has 3 aromatic heterocycles. The van der Waals surface area contributed by atoms with Gasteiger partial charge in [0.05, 0.1) is 57.1 Å². The van der Waals surface area contributed by atoms with Crippen LogP contribution in [0, 0.1) is 5.41 Å². The maximum absolute atomic E-state index is 15.4. The quantitative estimate of drug-likeness (QED) is 0.0128. The normalized spacial score (nSPS) is 18.8. The van der Waals surface area contributed by atoms with Crippen LogP contribution in [-0.2, 0) is 107 Å². The number of benzene rings is 2. The van der Waals surface area contributed by atoms with Crippen LogP contribution in [0.4, 0.5) is 0 Å². The molecule has 0 spiro atoms. The van der Waals surface area contributed by atoms with Crippen molar-refractivity contribution < 1.29 is 91.6 Å². The number of aryl methyl sites for hydroxylation is 1. The summed E-state index contributed by atoms with van der Waals surface area (Å²) in [5, 5.41) is 78.4. The Morgan fingerprint density at radius 1 is 0.626 bits per heavy atom. The van der Waals surface area contributed by atoms with E-state index in [-0.39, 0.29) is 128 Å². The molecule has 2 aliphatic heterocycles. The minimum Gasteiger partial charge on any atom is -0.394 e. The first-order chi connectivity index (χ1) is 63.2. The van der Waals surface area contributed by atoms with E-state index in [0.29, 0.717) is 24.0 Å². The minimum absolute atomic E-state index is 0.00555. The summed E-state index contributed by atoms with van der Waals surface area (Å²) >= 11 is 0. The van der Waals surface area contributed by atoms with E-state index in [9.17, 15) is 63.0 Å². The van der Waals surface area contributed by atoms with E-state index in [2.05, 4.69) is 105 Å². The van der Waals surface area contributed by atoms with Gasteiger partial charge in [-0.05, 0) is 98.8 Å². The summed E-state index contributed by atoms with van der Waals surface area (Å²) in [5.74, 6) is -11.8. The van der Waals surface area contributed by atoms with Crippen LogP contribution in [0.5, 0.6) is 0 Å². The highest BCUT2D eigenvalue weighted by molar-refractivity contribution is 6.00. The van der Waals surface area contributed by atoms with Gasteiger partial charge in [0.1, 0.15) is 66.8 Å². The number of Topliss-reactive ketones (excluding diaryl/α,β-unsaturated/α-hetero) is 1. The van der Waals surface area contributed by atoms with Gasteiger partial charge in [-0.25, -0.2) is 10.1 Å². The number of imidazole rings is 1. The molecule has 0 aliphatic carbocycles. The van der Waals surface area contributed by atoms with Crippen LogP contribution in [0.3, 0.4) is 0 Å². The number of guanidine groups is 1. The molecule has 5 heterocycles. The van der Waals surface area contributed by atoms with E-state index < -0.39 is 201 Å². The zero-order valence-electron chi connectivity index (χ0n) is 75.0. The second kappa shape index (κ2) is 59.0. The van der Waals surface area contributed by atoms with Gasteiger partial charge in [-0.3, -0.25) is 77.3 Å². The van der Waals surface area contributed by atoms with E-state index >= 15 is 19.2 Å². The molecule has 0 unspecified atom stereocenters. The van der Waals surface area contributed by atoms with Crippen molar-refractivity contribution in [2.75, 3.05) is 65.8 Å². The molecule has 2 aliphatic rings. The van der Waals surface area contributed by atoms with Gasteiger partial charge >= 0.3 is 0 Å². The van der Waals surface area contributed by atoms with E-state index in [1.165, 1.54) is 70.8 Å². The molecule has 23 N–H and O–H groups in total. The van der Waals surface area contributed by atoms with Gasteiger partial charge in [0.2, 0.25) is 82.7 Å². The molecule has 5 aromatic rings. The molecule has 14 amide bonds. The topological polar surface area (TPSA) is 649 Å². The number of amides is 14. The Morgan fingerprint density at radius 3 is 1.95 bits per heavy atom. The van der Waals surface area contributed by atoms with Crippen molar-refractivity contribution in [1.29, 1.82) is 5.41 Å². The number of H-pyrrole nitrogens is 3. The number of fused-ring (bicyclic) bond motifs is 2. The Kier molecular flexibility index (Phi) is 47.6. The number of primary amides is 1. The lowest BCUT2D eigenvalue weighted by atomic mass is 10.0. The highest BCUT2D eigenvalue weighted by atomic mass is 16.5. The molecular formula is C88H134N24O19. The number of para-hydroxylation sites is 1. The van der Waals surface area contributed by atoms with Crippen molar-refractivity contribution in [3.8, 4) is 0 Å². The number of rotatable bonds is 53. The number of tetrazole rings is 1. The first-order valence-corrected chi connectivity index (χ1v) is 45.6. The molecule has 7 rings (SSSR count). The number of aliphatic hydroxyl groups excluding tert-OH is 2. The van der Waals surface area contributed by atoms with Gasteiger partial charge in [-0.2, -0.15) is 0 Å². The number of ether oxygens (including phenoxy) is 2. The van der Waals surface area contributed by atoms with Crippen LogP contribution in [0.25, 0.3) is 10.9 Å². The molecule has 11 atom stereocenters. The highest BCUT2D eigenvalue weighted by Gasteiger charge is 2.44. The van der Waals surface area contributed by atoms with Crippen molar-refractivity contribution in [1.82, 2.24) is 110 Å². The number of aromatic nitrogens is 7. The maximum Gasteiger partial charge on any atom is 0.246 e. The van der Waals surface area contributed by atoms with E-state index in [0.717, 1.165) is 60.2 Å². The first kappa shape index (κ1) is 106. The fourth-order valence-corrected chi connectivity index (χ4v) is 15.2. The summed E-state index contributed by atoms with van der Waals surface area (Å²) in [7, 11) is 0. The Bertz CT molecular complexity index is 4440. The predicted octanol–water partition coefficient (Wildman–Crippen LogP) is -0.893. The average Bonchev–Trinajstić information content (AvgIpc) is 1.69. The van der Waals surface area contributed by atoms with Gasteiger partial charge < -0.3 is 115 Å². The smallest absolute Gasteiger partial charge is 0.246 e. The molecule has 0 bridgehead atoms. The fraction of sp³-hybridized carbons (Fsp3) is 0.614. The largest absolute Gasteiger partial charge is 0.394 e. The third-order valence-corrected chi connectivity index (χ3v) is 22.5. The third kappa shape index (κ3) is 39.9. The number of aliphatic hydroxyl groups is 2. The Morgan fingerprint density at radius 2 is 1.27 bits per heavy atom. The first-order valence-electron chi connectivity index (χ1n) is 45.6. The Balaban J connectivity index is 0.959. The van der Waals surface area contributed by atoms with Crippen molar-refractivity contribution >= 4 is 105 Å². The maximum atomic E-state index is 15.4. The average molecular weight is 1830 g/mol. The van der Waals surface area contributed by atoms with Crippen molar-refractivity contribution in [3.63, 3.8) is 0 Å². The van der Waals surface area contributed by atoms with Gasteiger partial charge in [0, 0.05) is 101 Å². The summed E-state index contributed by atoms with van der Waals surface area (Å²) in [6, 6.07) is 0.525. The van der Waals surface area contributed by atoms with Crippen molar-refractivity contribution in [2.45, 2.75) is 279 Å². The molecular weight excluding hydrogens is 1700 g/mol. The SMILES string of the molecule is CCCC[C@H](NC(=O)[C@H](Cc1c[nH]cn1)NC(=O)[C@H](CCC(N)=O)NC(=O)[C@H](CO)NC(=O)CNC(=O)COCCOCCNC(=O)CCCCCCCCCCCCCCCc1nnn[nH]1)C(=O)N[C@H]1CCC(=O)NCCCC[C@@H](C(C)=O)NC(=O)[C@H](Cc2c[nH]c3ccccc23)NC(=O)[C@H](CCCNC(=N)N)NC(=O)[C@@H](Cc2ccccc2)NC(=O)[C@@H]2C[C@@H](O)CN2C1=O. The molecule has 2 fully saturated rings. The van der Waals surface area contributed by atoms with Crippen LogP contribution in [-0.4, -0.2) is 277 Å². The van der Waals surface area contributed by atoms with Crippen LogP contribution in [0.1, 0.15) is 210 Å². The molecule has 131 heavy (non-hydrogen) atoms. The summed E-state index contributed by atoms with van der Waals surface area (Å²) in [4.78, 5) is 222. The van der Waals surface area contributed by atoms with Gasteiger partial charge in [-0.15, -0.1) is 5.10 Å². The number of nitrogens with two attached hydrogens (primary N) is 2. The number of ketones is 1. The Labute approximate surface area is 761 Å². The second-order valence-electron chi connectivity index (χ2n) is 33.1. The van der Waals surface area contributed by atoms with Gasteiger partial charge in [0.15, 0.2) is 11.7 Å². The number of carbonyl (C=O) groups excluding carboxylic acids is 15. The number of aromatic amines is 3. The lowest BCUT2D eigenvalue weighted by Gasteiger charge is -2.31. The zero-order valence-corrected chi connectivity index (χ0v) is 75.0. The monoisotopic (exact) mass is 1830 g/mol.